The molecule has 1 fully saturated rings. The molecule has 2 atom stereocenters. The van der Waals surface area contributed by atoms with E-state index in [0.29, 0.717) is 5.96 Å². The Hall–Kier alpha value is -2.83. The van der Waals surface area contributed by atoms with E-state index in [2.05, 4.69) is 10.2 Å². The van der Waals surface area contributed by atoms with E-state index in [1.54, 1.807) is 7.05 Å². The van der Waals surface area contributed by atoms with Gasteiger partial charge in [-0.05, 0) is 32.4 Å². The average molecular weight is 325 g/mol. The minimum atomic E-state index is -0.522. The number of hydrogen-bond donors (Lipinski definition) is 1. The number of likely N-dealkylation sites (N-methyl/N-ethyl adjacent to an activating group) is 1. The van der Waals surface area contributed by atoms with Gasteiger partial charge in [-0.1, -0.05) is 18.2 Å². The third kappa shape index (κ3) is 1.75. The number of imide groups is 1. The quantitative estimate of drug-likeness (QED) is 0.852. The minimum absolute atomic E-state index is 0.305. The summed E-state index contributed by atoms with van der Waals surface area (Å²) in [6.45, 7) is 6.05. The zero-order valence-electron chi connectivity index (χ0n) is 14.1. The standard InChI is InChI=1S/C17H19N5O2/c1-9-7-5-6-8-12(9)21-10(2)11(3)22-13-14(18-16(21)22)20(4)17(24)19-15(13)23/h5-8,13-14H,1-4H3,(H,19,23,24). The van der Waals surface area contributed by atoms with E-state index in [-0.39, 0.29) is 5.91 Å². The fourth-order valence-corrected chi connectivity index (χ4v) is 3.56. The van der Waals surface area contributed by atoms with Gasteiger partial charge in [0.15, 0.2) is 12.2 Å². The number of urea groups is 1. The lowest BCUT2D eigenvalue weighted by molar-refractivity contribution is -0.126. The van der Waals surface area contributed by atoms with Crippen molar-refractivity contribution >= 4 is 23.6 Å². The van der Waals surface area contributed by atoms with Gasteiger partial charge < -0.3 is 4.90 Å². The molecule has 3 heterocycles. The second-order valence-corrected chi connectivity index (χ2v) is 6.36. The Labute approximate surface area is 140 Å². The largest absolute Gasteiger partial charge is 0.325 e. The van der Waals surface area contributed by atoms with Crippen molar-refractivity contribution in [3.05, 3.63) is 41.2 Å². The van der Waals surface area contributed by atoms with E-state index in [1.165, 1.54) is 4.90 Å². The number of fused-ring (bicyclic) bond motifs is 3. The highest BCUT2D eigenvalue weighted by Crippen LogP contribution is 2.39. The molecule has 2 unspecified atom stereocenters. The van der Waals surface area contributed by atoms with Crippen LogP contribution in [-0.4, -0.2) is 47.0 Å². The Balaban J connectivity index is 1.84. The molecule has 124 valence electrons. The van der Waals surface area contributed by atoms with Crippen molar-refractivity contribution in [2.24, 2.45) is 4.99 Å². The van der Waals surface area contributed by atoms with Crippen LogP contribution in [-0.2, 0) is 4.79 Å². The smallest absolute Gasteiger partial charge is 0.303 e. The summed E-state index contributed by atoms with van der Waals surface area (Å²) in [4.78, 5) is 34.5. The zero-order valence-corrected chi connectivity index (χ0v) is 14.1. The van der Waals surface area contributed by atoms with Crippen molar-refractivity contribution in [1.82, 2.24) is 15.1 Å². The number of hydrogen-bond acceptors (Lipinski definition) is 5. The predicted molar refractivity (Wildman–Crippen MR) is 90.2 cm³/mol. The Morgan fingerprint density at radius 1 is 1.08 bits per heavy atom. The van der Waals surface area contributed by atoms with Crippen LogP contribution in [0.3, 0.4) is 0 Å². The van der Waals surface area contributed by atoms with Gasteiger partial charge in [0.1, 0.15) is 0 Å². The van der Waals surface area contributed by atoms with Gasteiger partial charge in [-0.25, -0.2) is 9.79 Å². The van der Waals surface area contributed by atoms with Gasteiger partial charge in [0, 0.05) is 18.4 Å². The van der Waals surface area contributed by atoms with Crippen molar-refractivity contribution in [3.63, 3.8) is 0 Å². The molecule has 3 aliphatic heterocycles. The van der Waals surface area contributed by atoms with Crippen LogP contribution in [0, 0.1) is 6.92 Å². The van der Waals surface area contributed by atoms with Gasteiger partial charge in [-0.2, -0.15) is 0 Å². The molecule has 3 amide bonds. The predicted octanol–water partition coefficient (Wildman–Crippen LogP) is 1.61. The molecular formula is C17H19N5O2. The number of aryl methyl sites for hydroxylation is 1. The second kappa shape index (κ2) is 4.83. The number of carbonyl (C=O) groups is 2. The van der Waals surface area contributed by atoms with Crippen LogP contribution in [0.25, 0.3) is 0 Å². The highest BCUT2D eigenvalue weighted by atomic mass is 16.2. The molecule has 1 N–H and O–H groups in total. The van der Waals surface area contributed by atoms with Crippen LogP contribution in [0.5, 0.6) is 0 Å². The Bertz CT molecular complexity index is 828. The molecule has 0 aliphatic carbocycles. The number of amides is 3. The number of rotatable bonds is 1. The molecule has 0 bridgehead atoms. The summed E-state index contributed by atoms with van der Waals surface area (Å²) in [6, 6.07) is 7.13. The van der Waals surface area contributed by atoms with Crippen molar-refractivity contribution in [2.75, 3.05) is 11.9 Å². The van der Waals surface area contributed by atoms with E-state index in [1.807, 2.05) is 49.9 Å². The molecular weight excluding hydrogens is 306 g/mol. The maximum absolute atomic E-state index is 12.4. The number of anilines is 1. The van der Waals surface area contributed by atoms with Crippen LogP contribution in [0.2, 0.25) is 0 Å². The van der Waals surface area contributed by atoms with Crippen LogP contribution in [0.15, 0.2) is 40.7 Å². The monoisotopic (exact) mass is 325 g/mol. The SMILES string of the molecule is CC1=C(C)N2C(=NC3C2C(=O)NC(=O)N3C)N1c1ccccc1C. The number of benzene rings is 1. The number of para-hydroxylation sites is 1. The number of aliphatic imine (C=N–C) groups is 1. The highest BCUT2D eigenvalue weighted by molar-refractivity contribution is 6.10. The molecule has 1 aromatic rings. The minimum Gasteiger partial charge on any atom is -0.303 e. The van der Waals surface area contributed by atoms with Crippen LogP contribution < -0.4 is 10.2 Å². The molecule has 3 aliphatic rings. The normalized spacial score (nSPS) is 25.8. The zero-order chi connectivity index (χ0) is 17.2. The van der Waals surface area contributed by atoms with Gasteiger partial charge in [0.25, 0.3) is 5.91 Å². The average Bonchev–Trinajstić information content (AvgIpc) is 3.04. The highest BCUT2D eigenvalue weighted by Gasteiger charge is 2.53. The number of carbonyl (C=O) groups excluding carboxylic acids is 2. The molecule has 7 nitrogen and oxygen atoms in total. The summed E-state index contributed by atoms with van der Waals surface area (Å²) >= 11 is 0. The topological polar surface area (TPSA) is 68.2 Å². The molecule has 4 rings (SSSR count). The molecule has 1 aromatic carbocycles. The van der Waals surface area contributed by atoms with Gasteiger partial charge in [0.05, 0.1) is 5.69 Å². The maximum atomic E-state index is 12.4. The van der Waals surface area contributed by atoms with E-state index in [4.69, 9.17) is 4.99 Å². The van der Waals surface area contributed by atoms with Crippen molar-refractivity contribution in [2.45, 2.75) is 33.0 Å². The summed E-state index contributed by atoms with van der Waals surface area (Å²) < 4.78 is 0. The van der Waals surface area contributed by atoms with Gasteiger partial charge >= 0.3 is 6.03 Å². The molecule has 0 spiro atoms. The maximum Gasteiger partial charge on any atom is 0.325 e. The van der Waals surface area contributed by atoms with Crippen LogP contribution in [0.4, 0.5) is 10.5 Å². The fourth-order valence-electron chi connectivity index (χ4n) is 3.56. The van der Waals surface area contributed by atoms with Gasteiger partial charge in [0.2, 0.25) is 5.96 Å². The van der Waals surface area contributed by atoms with Crippen LogP contribution in [0.1, 0.15) is 19.4 Å². The molecule has 7 heteroatoms. The first-order chi connectivity index (χ1) is 11.4. The van der Waals surface area contributed by atoms with Crippen molar-refractivity contribution in [1.29, 1.82) is 0 Å². The summed E-state index contributed by atoms with van der Waals surface area (Å²) in [7, 11) is 1.66. The number of guanidine groups is 1. The summed E-state index contributed by atoms with van der Waals surface area (Å²) in [5.41, 5.74) is 4.16. The lowest BCUT2D eigenvalue weighted by Crippen LogP contribution is -2.63. The second-order valence-electron chi connectivity index (χ2n) is 6.36. The molecule has 0 saturated carbocycles. The molecule has 24 heavy (non-hydrogen) atoms. The number of allylic oxidation sites excluding steroid dienone is 2. The van der Waals surface area contributed by atoms with E-state index in [9.17, 15) is 9.59 Å². The third-order valence-electron chi connectivity index (χ3n) is 5.02. The first-order valence-electron chi connectivity index (χ1n) is 7.89. The van der Waals surface area contributed by atoms with Crippen molar-refractivity contribution < 1.29 is 9.59 Å². The molecule has 0 aromatic heterocycles. The van der Waals surface area contributed by atoms with Gasteiger partial charge in [-0.15, -0.1) is 0 Å². The Morgan fingerprint density at radius 2 is 1.79 bits per heavy atom. The number of nitrogens with one attached hydrogen (secondary N) is 1. The fraction of sp³-hybridized carbons (Fsp3) is 0.353. The summed E-state index contributed by atoms with van der Waals surface area (Å²) in [5, 5.41) is 2.41. The van der Waals surface area contributed by atoms with Gasteiger partial charge in [-0.3, -0.25) is 19.9 Å². The third-order valence-corrected chi connectivity index (χ3v) is 5.02. The van der Waals surface area contributed by atoms with E-state index >= 15 is 0 Å². The summed E-state index contributed by atoms with van der Waals surface area (Å²) in [6.07, 6.45) is -0.504. The van der Waals surface area contributed by atoms with E-state index < -0.39 is 18.2 Å². The lowest BCUT2D eigenvalue weighted by atomic mass is 10.1. The van der Waals surface area contributed by atoms with E-state index in [0.717, 1.165) is 22.6 Å². The summed E-state index contributed by atoms with van der Waals surface area (Å²) in [5.74, 6) is 0.395. The molecule has 0 radical (unpaired) electrons. The Kier molecular flexibility index (Phi) is 2.97. The van der Waals surface area contributed by atoms with Crippen LogP contribution >= 0.6 is 0 Å². The lowest BCUT2D eigenvalue weighted by Gasteiger charge is -2.35. The first-order valence-corrected chi connectivity index (χ1v) is 7.89. The Morgan fingerprint density at radius 3 is 2.50 bits per heavy atom. The molecule has 1 saturated heterocycles. The van der Waals surface area contributed by atoms with Crippen molar-refractivity contribution in [3.8, 4) is 0 Å². The first kappa shape index (κ1) is 14.7. The number of nitrogens with zero attached hydrogens (tertiary/aromatic N) is 4.